The zero-order valence-corrected chi connectivity index (χ0v) is 23.4. The number of hydrogen-bond donors (Lipinski definition) is 2. The van der Waals surface area contributed by atoms with E-state index in [1.807, 2.05) is 91.9 Å². The van der Waals surface area contributed by atoms with Crippen molar-refractivity contribution in [3.63, 3.8) is 0 Å². The normalized spacial score (nSPS) is 11.7. The molecule has 0 aliphatic carbocycles. The van der Waals surface area contributed by atoms with Gasteiger partial charge in [-0.2, -0.15) is 0 Å². The summed E-state index contributed by atoms with van der Waals surface area (Å²) >= 11 is 3.40. The van der Waals surface area contributed by atoms with Gasteiger partial charge >= 0.3 is 0 Å². The molecule has 1 amide bonds. The molecule has 5 rings (SSSR count). The molecule has 5 aromatic rings. The summed E-state index contributed by atoms with van der Waals surface area (Å²) in [5.74, 6) is 0.482. The van der Waals surface area contributed by atoms with Crippen LogP contribution in [-0.2, 0) is 13.0 Å². The summed E-state index contributed by atoms with van der Waals surface area (Å²) in [6, 6.07) is 28.3. The lowest BCUT2D eigenvalue weighted by Crippen LogP contribution is -2.14. The van der Waals surface area contributed by atoms with E-state index in [0.29, 0.717) is 41.1 Å². The standard InChI is InChI=1S/C32H27BrN4O3/c1-20(24-9-5-8-22(14-24)15-29(38)23-10-12-25(33)13-11-23)37-32-28-17-26(40-18-21-6-3-2-4-7-21)16-27(31(34)39)30(28)35-19-36-32/h2-14,16-17,19-20H,15,18H2,1H3,(H2,34,39)(H,35,36,37). The lowest BCUT2D eigenvalue weighted by Gasteiger charge is -2.18. The fraction of sp³-hybridized carbons (Fsp3) is 0.125. The number of hydrogen-bond acceptors (Lipinski definition) is 6. The predicted octanol–water partition coefficient (Wildman–Crippen LogP) is 6.67. The molecule has 0 spiro atoms. The number of carbonyl (C=O) groups excluding carboxylic acids is 2. The Labute approximate surface area is 240 Å². The first-order chi connectivity index (χ1) is 19.4. The van der Waals surface area contributed by atoms with Crippen molar-refractivity contribution in [2.75, 3.05) is 5.32 Å². The number of fused-ring (bicyclic) bond motifs is 1. The van der Waals surface area contributed by atoms with Crippen molar-refractivity contribution in [1.82, 2.24) is 9.97 Å². The van der Waals surface area contributed by atoms with Crippen molar-refractivity contribution < 1.29 is 14.3 Å². The van der Waals surface area contributed by atoms with Gasteiger partial charge in [0.05, 0.1) is 11.1 Å². The average molecular weight is 595 g/mol. The maximum absolute atomic E-state index is 12.8. The molecule has 0 aliphatic heterocycles. The van der Waals surface area contributed by atoms with E-state index in [9.17, 15) is 9.59 Å². The highest BCUT2D eigenvalue weighted by molar-refractivity contribution is 9.10. The van der Waals surface area contributed by atoms with Crippen molar-refractivity contribution in [2.24, 2.45) is 5.73 Å². The van der Waals surface area contributed by atoms with E-state index < -0.39 is 5.91 Å². The monoisotopic (exact) mass is 594 g/mol. The fourth-order valence-corrected chi connectivity index (χ4v) is 4.72. The summed E-state index contributed by atoms with van der Waals surface area (Å²) in [5, 5.41) is 4.06. The molecule has 1 atom stereocenters. The van der Waals surface area contributed by atoms with Crippen LogP contribution in [0.3, 0.4) is 0 Å². The number of carbonyl (C=O) groups is 2. The first-order valence-corrected chi connectivity index (χ1v) is 13.6. The molecule has 4 aromatic carbocycles. The summed E-state index contributed by atoms with van der Waals surface area (Å²) in [4.78, 5) is 33.9. The third-order valence-electron chi connectivity index (χ3n) is 6.56. The van der Waals surface area contributed by atoms with Gasteiger partial charge in [0, 0.05) is 27.9 Å². The fourth-order valence-electron chi connectivity index (χ4n) is 4.45. The van der Waals surface area contributed by atoms with Gasteiger partial charge in [0.25, 0.3) is 5.91 Å². The van der Waals surface area contributed by atoms with Gasteiger partial charge in [0.2, 0.25) is 0 Å². The zero-order valence-electron chi connectivity index (χ0n) is 21.8. The van der Waals surface area contributed by atoms with Gasteiger partial charge in [-0.25, -0.2) is 9.97 Å². The summed E-state index contributed by atoms with van der Waals surface area (Å²) in [6.45, 7) is 2.34. The molecule has 3 N–H and O–H groups in total. The number of benzene rings is 4. The predicted molar refractivity (Wildman–Crippen MR) is 159 cm³/mol. The highest BCUT2D eigenvalue weighted by Crippen LogP contribution is 2.31. The number of aromatic nitrogens is 2. The zero-order chi connectivity index (χ0) is 28.1. The van der Waals surface area contributed by atoms with E-state index in [1.54, 1.807) is 6.07 Å². The average Bonchev–Trinajstić information content (AvgIpc) is 2.97. The number of anilines is 1. The first-order valence-electron chi connectivity index (χ1n) is 12.8. The number of ether oxygens (including phenoxy) is 1. The van der Waals surface area contributed by atoms with Crippen molar-refractivity contribution in [3.8, 4) is 5.75 Å². The lowest BCUT2D eigenvalue weighted by atomic mass is 9.99. The molecule has 200 valence electrons. The Hall–Kier alpha value is -4.56. The Balaban J connectivity index is 1.39. The quantitative estimate of drug-likeness (QED) is 0.175. The number of primary amides is 1. The number of rotatable bonds is 10. The summed E-state index contributed by atoms with van der Waals surface area (Å²) in [6.07, 6.45) is 1.70. The SMILES string of the molecule is CC(Nc1ncnc2c(C(N)=O)cc(OCc3ccccc3)cc12)c1cccc(CC(=O)c2ccc(Br)cc2)c1. The number of Topliss-reactive ketones (excluding diaryl/α,β-unsaturated/α-hetero) is 1. The second kappa shape index (κ2) is 12.1. The summed E-state index contributed by atoms with van der Waals surface area (Å²) in [7, 11) is 0. The van der Waals surface area contributed by atoms with E-state index in [2.05, 4.69) is 31.2 Å². The third-order valence-corrected chi connectivity index (χ3v) is 7.09. The Morgan fingerprint density at radius 3 is 2.42 bits per heavy atom. The minimum absolute atomic E-state index is 0.0501. The van der Waals surface area contributed by atoms with E-state index in [-0.39, 0.29) is 17.4 Å². The Bertz CT molecular complexity index is 1670. The summed E-state index contributed by atoms with van der Waals surface area (Å²) in [5.41, 5.74) is 9.97. The number of nitrogens with two attached hydrogens (primary N) is 1. The minimum Gasteiger partial charge on any atom is -0.489 e. The second-order valence-electron chi connectivity index (χ2n) is 9.45. The van der Waals surface area contributed by atoms with Crippen molar-refractivity contribution in [3.05, 3.63) is 130 Å². The molecule has 0 saturated carbocycles. The topological polar surface area (TPSA) is 107 Å². The molecule has 1 aromatic heterocycles. The van der Waals surface area contributed by atoms with Crippen LogP contribution in [0, 0.1) is 0 Å². The smallest absolute Gasteiger partial charge is 0.251 e. The molecule has 0 radical (unpaired) electrons. The largest absolute Gasteiger partial charge is 0.489 e. The van der Waals surface area contributed by atoms with Gasteiger partial charge < -0.3 is 15.8 Å². The van der Waals surface area contributed by atoms with Crippen LogP contribution >= 0.6 is 15.9 Å². The first kappa shape index (κ1) is 27.0. The van der Waals surface area contributed by atoms with Gasteiger partial charge in [-0.15, -0.1) is 0 Å². The molecule has 7 nitrogen and oxygen atoms in total. The van der Waals surface area contributed by atoms with Gasteiger partial charge in [0.15, 0.2) is 5.78 Å². The van der Waals surface area contributed by atoms with Crippen LogP contribution < -0.4 is 15.8 Å². The molecule has 0 aliphatic rings. The van der Waals surface area contributed by atoms with E-state index >= 15 is 0 Å². The van der Waals surface area contributed by atoms with Gasteiger partial charge in [-0.05, 0) is 47.9 Å². The van der Waals surface area contributed by atoms with Crippen LogP contribution in [0.4, 0.5) is 5.82 Å². The maximum atomic E-state index is 12.8. The molecular weight excluding hydrogens is 568 g/mol. The molecule has 1 unspecified atom stereocenters. The van der Waals surface area contributed by atoms with Gasteiger partial charge in [0.1, 0.15) is 24.5 Å². The Morgan fingerprint density at radius 2 is 1.68 bits per heavy atom. The van der Waals surface area contributed by atoms with E-state index in [0.717, 1.165) is 21.2 Å². The van der Waals surface area contributed by atoms with Crippen LogP contribution in [0.25, 0.3) is 10.9 Å². The molecule has 1 heterocycles. The van der Waals surface area contributed by atoms with Crippen LogP contribution in [0.5, 0.6) is 5.75 Å². The maximum Gasteiger partial charge on any atom is 0.251 e. The van der Waals surface area contributed by atoms with Crippen LogP contribution in [0.1, 0.15) is 50.4 Å². The van der Waals surface area contributed by atoms with Crippen molar-refractivity contribution in [1.29, 1.82) is 0 Å². The van der Waals surface area contributed by atoms with E-state index in [4.69, 9.17) is 10.5 Å². The molecule has 40 heavy (non-hydrogen) atoms. The van der Waals surface area contributed by atoms with E-state index in [1.165, 1.54) is 6.33 Å². The van der Waals surface area contributed by atoms with Gasteiger partial charge in [-0.3, -0.25) is 9.59 Å². The highest BCUT2D eigenvalue weighted by atomic mass is 79.9. The number of amides is 1. The number of ketones is 1. The van der Waals surface area contributed by atoms with Crippen LogP contribution in [-0.4, -0.2) is 21.7 Å². The Morgan fingerprint density at radius 1 is 0.925 bits per heavy atom. The molecule has 0 bridgehead atoms. The van der Waals surface area contributed by atoms with Crippen molar-refractivity contribution >= 4 is 44.3 Å². The molecule has 0 fully saturated rings. The summed E-state index contributed by atoms with van der Waals surface area (Å²) < 4.78 is 6.94. The minimum atomic E-state index is -0.601. The second-order valence-corrected chi connectivity index (χ2v) is 10.4. The van der Waals surface area contributed by atoms with Gasteiger partial charge in [-0.1, -0.05) is 82.7 Å². The molecule has 0 saturated heterocycles. The lowest BCUT2D eigenvalue weighted by molar-refractivity contribution is 0.0988. The highest BCUT2D eigenvalue weighted by Gasteiger charge is 2.17. The van der Waals surface area contributed by atoms with Crippen LogP contribution in [0.2, 0.25) is 0 Å². The number of halogens is 1. The van der Waals surface area contributed by atoms with Crippen molar-refractivity contribution in [2.45, 2.75) is 26.0 Å². The third kappa shape index (κ3) is 6.35. The molecule has 8 heteroatoms. The number of nitrogens with one attached hydrogen (secondary N) is 1. The van der Waals surface area contributed by atoms with Crippen LogP contribution in [0.15, 0.2) is 102 Å². The number of nitrogens with zero attached hydrogens (tertiary/aromatic N) is 2. The molecular formula is C32H27BrN4O3. The Kier molecular flexibility index (Phi) is 8.17.